The monoisotopic (exact) mass is 370 g/mol. The number of hydrogen-bond acceptors (Lipinski definition) is 3. The van der Waals surface area contributed by atoms with E-state index in [1.165, 1.54) is 12.1 Å². The van der Waals surface area contributed by atoms with Gasteiger partial charge in [0.25, 0.3) is 0 Å². The number of carbonyl (C=O) groups excluding carboxylic acids is 1. The van der Waals surface area contributed by atoms with Gasteiger partial charge in [0.05, 0.1) is 12.1 Å². The summed E-state index contributed by atoms with van der Waals surface area (Å²) < 4.78 is 19.2. The number of carbonyl (C=O) groups is 1. The zero-order valence-electron chi connectivity index (χ0n) is 15.3. The smallest absolute Gasteiger partial charge is 0.315 e. The molecule has 5 nitrogen and oxygen atoms in total. The van der Waals surface area contributed by atoms with Crippen LogP contribution in [0, 0.1) is 12.7 Å². The molecule has 0 bridgehead atoms. The second kappa shape index (κ2) is 8.22. The van der Waals surface area contributed by atoms with Crippen molar-refractivity contribution in [3.8, 4) is 0 Å². The van der Waals surface area contributed by atoms with Crippen LogP contribution in [-0.2, 0) is 6.42 Å². The number of aliphatic hydroxyl groups excluding tert-OH is 1. The van der Waals surface area contributed by atoms with Crippen LogP contribution < -0.4 is 10.6 Å². The van der Waals surface area contributed by atoms with E-state index in [-0.39, 0.29) is 12.4 Å². The van der Waals surface area contributed by atoms with Crippen LogP contribution in [0.1, 0.15) is 29.9 Å². The second-order valence-electron chi connectivity index (χ2n) is 6.65. The summed E-state index contributed by atoms with van der Waals surface area (Å²) in [5.74, 6) is 0.249. The van der Waals surface area contributed by atoms with Crippen LogP contribution in [0.3, 0.4) is 0 Å². The minimum Gasteiger partial charge on any atom is -0.459 e. The maximum atomic E-state index is 13.4. The second-order valence-corrected chi connectivity index (χ2v) is 6.65. The molecule has 6 heteroatoms. The highest BCUT2D eigenvalue weighted by Crippen LogP contribution is 2.29. The molecule has 1 heterocycles. The van der Waals surface area contributed by atoms with Gasteiger partial charge in [-0.05, 0) is 37.6 Å². The molecule has 27 heavy (non-hydrogen) atoms. The van der Waals surface area contributed by atoms with E-state index in [0.717, 1.165) is 11.1 Å². The number of urea groups is 1. The van der Waals surface area contributed by atoms with Gasteiger partial charge in [-0.1, -0.05) is 30.3 Å². The Morgan fingerprint density at radius 1 is 1.22 bits per heavy atom. The first-order valence-corrected chi connectivity index (χ1v) is 8.89. The number of rotatable bonds is 6. The molecule has 2 aromatic carbocycles. The number of benzene rings is 2. The number of aryl methyl sites for hydroxylation is 1. The van der Waals surface area contributed by atoms with Crippen LogP contribution in [0.2, 0.25) is 0 Å². The Balaban J connectivity index is 1.55. The third-order valence-electron chi connectivity index (χ3n) is 4.49. The van der Waals surface area contributed by atoms with Gasteiger partial charge < -0.3 is 20.2 Å². The summed E-state index contributed by atoms with van der Waals surface area (Å²) in [6.45, 7) is 3.76. The standard InChI is InChI=1S/C21H23FN2O3/c1-13-18-11-16(22)8-9-19(18)27-20(13)14(2)24-21(26)23-12-17(25)10-15-6-4-3-5-7-15/h3-9,11,14,17,25H,10,12H2,1-2H3,(H2,23,24,26). The molecule has 0 aliphatic heterocycles. The van der Waals surface area contributed by atoms with Gasteiger partial charge in [-0.15, -0.1) is 0 Å². The zero-order valence-corrected chi connectivity index (χ0v) is 15.3. The van der Waals surface area contributed by atoms with Crippen LogP contribution >= 0.6 is 0 Å². The van der Waals surface area contributed by atoms with Gasteiger partial charge in [-0.3, -0.25) is 0 Å². The van der Waals surface area contributed by atoms with Gasteiger partial charge in [0.1, 0.15) is 17.2 Å². The van der Waals surface area contributed by atoms with Crippen molar-refractivity contribution in [3.05, 3.63) is 71.2 Å². The molecule has 142 valence electrons. The number of nitrogens with one attached hydrogen (secondary N) is 2. The lowest BCUT2D eigenvalue weighted by Crippen LogP contribution is -2.41. The Bertz CT molecular complexity index is 924. The van der Waals surface area contributed by atoms with Crippen molar-refractivity contribution in [1.29, 1.82) is 0 Å². The van der Waals surface area contributed by atoms with E-state index in [0.29, 0.717) is 23.2 Å². The number of hydrogen-bond donors (Lipinski definition) is 3. The largest absolute Gasteiger partial charge is 0.459 e. The molecule has 1 aromatic heterocycles. The first-order valence-electron chi connectivity index (χ1n) is 8.89. The molecule has 3 rings (SSSR count). The molecule has 0 radical (unpaired) electrons. The molecule has 0 aliphatic carbocycles. The highest BCUT2D eigenvalue weighted by molar-refractivity contribution is 5.82. The number of furan rings is 1. The van der Waals surface area contributed by atoms with Crippen molar-refractivity contribution < 1.29 is 18.7 Å². The maximum Gasteiger partial charge on any atom is 0.315 e. The molecule has 0 aliphatic rings. The lowest BCUT2D eigenvalue weighted by atomic mass is 10.1. The van der Waals surface area contributed by atoms with E-state index in [4.69, 9.17) is 4.42 Å². The van der Waals surface area contributed by atoms with Crippen molar-refractivity contribution in [1.82, 2.24) is 10.6 Å². The molecule has 2 unspecified atom stereocenters. The Hall–Kier alpha value is -2.86. The topological polar surface area (TPSA) is 74.5 Å². The molecule has 3 aromatic rings. The van der Waals surface area contributed by atoms with Crippen molar-refractivity contribution in [2.45, 2.75) is 32.4 Å². The Kier molecular flexibility index (Phi) is 5.76. The first kappa shape index (κ1) is 18.9. The summed E-state index contributed by atoms with van der Waals surface area (Å²) in [4.78, 5) is 12.1. The predicted octanol–water partition coefficient (Wildman–Crippen LogP) is 3.84. The summed E-state index contributed by atoms with van der Waals surface area (Å²) in [6, 6.07) is 13.1. The van der Waals surface area contributed by atoms with E-state index in [2.05, 4.69) is 10.6 Å². The van der Waals surface area contributed by atoms with Gasteiger partial charge in [0.15, 0.2) is 0 Å². The Morgan fingerprint density at radius 2 is 1.96 bits per heavy atom. The van der Waals surface area contributed by atoms with Crippen molar-refractivity contribution in [2.75, 3.05) is 6.54 Å². The molecule has 3 N–H and O–H groups in total. The molecule has 2 atom stereocenters. The van der Waals surface area contributed by atoms with Gasteiger partial charge in [-0.2, -0.15) is 0 Å². The normalized spacial score (nSPS) is 13.3. The summed E-state index contributed by atoms with van der Waals surface area (Å²) in [6.07, 6.45) is -0.213. The van der Waals surface area contributed by atoms with E-state index in [9.17, 15) is 14.3 Å². The molecular weight excluding hydrogens is 347 g/mol. The quantitative estimate of drug-likeness (QED) is 0.617. The summed E-state index contributed by atoms with van der Waals surface area (Å²) in [7, 11) is 0. The maximum absolute atomic E-state index is 13.4. The molecule has 2 amide bonds. The van der Waals surface area contributed by atoms with E-state index in [1.807, 2.05) is 37.3 Å². The first-order chi connectivity index (χ1) is 12.9. The SMILES string of the molecule is Cc1c(C(C)NC(=O)NCC(O)Cc2ccccc2)oc2ccc(F)cc12. The number of halogens is 1. The molecular formula is C21H23FN2O3. The van der Waals surface area contributed by atoms with Crippen LogP contribution in [0.4, 0.5) is 9.18 Å². The van der Waals surface area contributed by atoms with Gasteiger partial charge in [0.2, 0.25) is 0 Å². The molecule has 0 saturated heterocycles. The average Bonchev–Trinajstić information content (AvgIpc) is 2.97. The zero-order chi connectivity index (χ0) is 19.4. The van der Waals surface area contributed by atoms with Gasteiger partial charge in [-0.25, -0.2) is 9.18 Å². The lowest BCUT2D eigenvalue weighted by Gasteiger charge is -2.16. The lowest BCUT2D eigenvalue weighted by molar-refractivity contribution is 0.170. The van der Waals surface area contributed by atoms with E-state index >= 15 is 0 Å². The van der Waals surface area contributed by atoms with Crippen molar-refractivity contribution in [3.63, 3.8) is 0 Å². The molecule has 0 saturated carbocycles. The van der Waals surface area contributed by atoms with E-state index in [1.54, 1.807) is 13.0 Å². The van der Waals surface area contributed by atoms with Crippen molar-refractivity contribution in [2.24, 2.45) is 0 Å². The summed E-state index contributed by atoms with van der Waals surface area (Å²) in [5.41, 5.74) is 2.38. The highest BCUT2D eigenvalue weighted by Gasteiger charge is 2.19. The Morgan fingerprint density at radius 3 is 2.70 bits per heavy atom. The Labute approximate surface area is 157 Å². The summed E-state index contributed by atoms with van der Waals surface area (Å²) >= 11 is 0. The summed E-state index contributed by atoms with van der Waals surface area (Å²) in [5, 5.41) is 16.2. The van der Waals surface area contributed by atoms with E-state index < -0.39 is 18.2 Å². The number of aliphatic hydroxyl groups is 1. The number of fused-ring (bicyclic) bond motifs is 1. The minimum atomic E-state index is -0.677. The fourth-order valence-electron chi connectivity index (χ4n) is 3.11. The van der Waals surface area contributed by atoms with Gasteiger partial charge in [0, 0.05) is 23.9 Å². The van der Waals surface area contributed by atoms with Crippen LogP contribution in [-0.4, -0.2) is 23.8 Å². The third-order valence-corrected chi connectivity index (χ3v) is 4.49. The number of amides is 2. The minimum absolute atomic E-state index is 0.137. The van der Waals surface area contributed by atoms with Crippen LogP contribution in [0.5, 0.6) is 0 Å². The molecule has 0 fully saturated rings. The van der Waals surface area contributed by atoms with Gasteiger partial charge >= 0.3 is 6.03 Å². The van der Waals surface area contributed by atoms with Crippen LogP contribution in [0.25, 0.3) is 11.0 Å². The van der Waals surface area contributed by atoms with Crippen LogP contribution in [0.15, 0.2) is 52.9 Å². The fraction of sp³-hybridized carbons (Fsp3) is 0.286. The van der Waals surface area contributed by atoms with Crippen molar-refractivity contribution >= 4 is 17.0 Å². The molecule has 0 spiro atoms. The highest BCUT2D eigenvalue weighted by atomic mass is 19.1. The average molecular weight is 370 g/mol. The fourth-order valence-corrected chi connectivity index (χ4v) is 3.11. The predicted molar refractivity (Wildman–Crippen MR) is 102 cm³/mol. The third kappa shape index (κ3) is 4.65.